The minimum Gasteiger partial charge on any atom is -0.462 e. The minimum atomic E-state index is -0.144. The zero-order valence-electron chi connectivity index (χ0n) is 22.5. The molecule has 3 saturated carbocycles. The van der Waals surface area contributed by atoms with Gasteiger partial charge in [0.15, 0.2) is 0 Å². The zero-order valence-corrected chi connectivity index (χ0v) is 22.5. The van der Waals surface area contributed by atoms with Crippen molar-refractivity contribution < 1.29 is 14.3 Å². The smallest absolute Gasteiger partial charge is 0.302 e. The van der Waals surface area contributed by atoms with Crippen LogP contribution in [-0.4, -0.2) is 25.3 Å². The van der Waals surface area contributed by atoms with Crippen LogP contribution in [0.4, 0.5) is 0 Å². The molecule has 0 spiro atoms. The van der Waals surface area contributed by atoms with Crippen LogP contribution in [0.2, 0.25) is 0 Å². The van der Waals surface area contributed by atoms with Crippen LogP contribution in [0.15, 0.2) is 11.6 Å². The van der Waals surface area contributed by atoms with Gasteiger partial charge in [0.25, 0.3) is 0 Å². The number of methoxy groups -OCH3 is 1. The van der Waals surface area contributed by atoms with E-state index in [1.165, 1.54) is 50.5 Å². The van der Waals surface area contributed by atoms with Crippen LogP contribution in [0, 0.1) is 46.3 Å². The Morgan fingerprint density at radius 3 is 2.48 bits per heavy atom. The lowest BCUT2D eigenvalue weighted by molar-refractivity contribution is -0.149. The van der Waals surface area contributed by atoms with Gasteiger partial charge in [0.1, 0.15) is 6.10 Å². The van der Waals surface area contributed by atoms with E-state index in [0.717, 1.165) is 42.9 Å². The third-order valence-corrected chi connectivity index (χ3v) is 10.9. The van der Waals surface area contributed by atoms with Gasteiger partial charge in [-0.25, -0.2) is 0 Å². The molecule has 188 valence electrons. The first-order valence-corrected chi connectivity index (χ1v) is 14.0. The normalized spacial score (nSPS) is 43.3. The fourth-order valence-corrected chi connectivity index (χ4v) is 9.17. The average Bonchev–Trinajstić information content (AvgIpc) is 3.10. The molecular weight excluding hydrogens is 408 g/mol. The van der Waals surface area contributed by atoms with E-state index >= 15 is 0 Å². The Morgan fingerprint density at radius 2 is 1.82 bits per heavy atom. The predicted molar refractivity (Wildman–Crippen MR) is 135 cm³/mol. The van der Waals surface area contributed by atoms with E-state index in [4.69, 9.17) is 9.47 Å². The molecule has 0 N–H and O–H groups in total. The van der Waals surface area contributed by atoms with Gasteiger partial charge >= 0.3 is 5.97 Å². The molecule has 0 unspecified atom stereocenters. The second-order valence-corrected chi connectivity index (χ2v) is 13.1. The average molecular weight is 459 g/mol. The van der Waals surface area contributed by atoms with Gasteiger partial charge < -0.3 is 9.47 Å². The Labute approximate surface area is 203 Å². The maximum Gasteiger partial charge on any atom is 0.302 e. The summed E-state index contributed by atoms with van der Waals surface area (Å²) in [5, 5.41) is 0. The third-order valence-electron chi connectivity index (χ3n) is 10.9. The summed E-state index contributed by atoms with van der Waals surface area (Å²) < 4.78 is 11.9. The van der Waals surface area contributed by atoms with Crippen LogP contribution < -0.4 is 0 Å². The molecule has 0 aromatic rings. The maximum absolute atomic E-state index is 11.6. The van der Waals surface area contributed by atoms with Crippen molar-refractivity contribution in [3.05, 3.63) is 11.6 Å². The van der Waals surface area contributed by atoms with Crippen molar-refractivity contribution in [1.82, 2.24) is 0 Å². The predicted octanol–water partition coefficient (Wildman–Crippen LogP) is 7.58. The summed E-state index contributed by atoms with van der Waals surface area (Å²) in [7, 11) is 1.92. The Balaban J connectivity index is 1.55. The molecule has 9 atom stereocenters. The standard InChI is InChI=1S/C30H50O3/c1-19(2)9-8-10-20(3)24-11-12-25-28-26(14-16-30(24,25)6)29(5)15-13-23(33-21(4)31)17-22(29)18-27(28)32-7/h18-20,23-28H,8-17H2,1-7H3/t20-,23-,24+,25-,26-,27+,28-,29-,30+/m0/s1. The molecule has 0 aromatic carbocycles. The molecule has 3 fully saturated rings. The molecular formula is C30H50O3. The Bertz CT molecular complexity index is 741. The van der Waals surface area contributed by atoms with E-state index in [2.05, 4.69) is 40.7 Å². The minimum absolute atomic E-state index is 0.0484. The first-order chi connectivity index (χ1) is 15.6. The fraction of sp³-hybridized carbons (Fsp3) is 0.900. The van der Waals surface area contributed by atoms with E-state index in [-0.39, 0.29) is 23.6 Å². The summed E-state index contributed by atoms with van der Waals surface area (Å²) in [6.45, 7) is 14.0. The molecule has 4 aliphatic carbocycles. The second kappa shape index (κ2) is 9.67. The van der Waals surface area contributed by atoms with Crippen molar-refractivity contribution in [2.75, 3.05) is 7.11 Å². The van der Waals surface area contributed by atoms with Crippen molar-refractivity contribution in [1.29, 1.82) is 0 Å². The lowest BCUT2D eigenvalue weighted by Crippen LogP contribution is -2.55. The van der Waals surface area contributed by atoms with Crippen LogP contribution in [0.1, 0.15) is 106 Å². The van der Waals surface area contributed by atoms with Crippen molar-refractivity contribution in [2.24, 2.45) is 46.3 Å². The van der Waals surface area contributed by atoms with Gasteiger partial charge in [0.05, 0.1) is 6.10 Å². The summed E-state index contributed by atoms with van der Waals surface area (Å²) in [5.41, 5.74) is 2.22. The molecule has 3 nitrogen and oxygen atoms in total. The molecule has 0 amide bonds. The van der Waals surface area contributed by atoms with Gasteiger partial charge in [-0.2, -0.15) is 0 Å². The molecule has 33 heavy (non-hydrogen) atoms. The Hall–Kier alpha value is -0.830. The summed E-state index contributed by atoms with van der Waals surface area (Å²) in [6.07, 6.45) is 15.4. The van der Waals surface area contributed by atoms with Crippen molar-refractivity contribution in [3.63, 3.8) is 0 Å². The number of hydrogen-bond donors (Lipinski definition) is 0. The quantitative estimate of drug-likeness (QED) is 0.291. The third kappa shape index (κ3) is 4.57. The number of carbonyl (C=O) groups excluding carboxylic acids is 1. The maximum atomic E-state index is 11.6. The van der Waals surface area contributed by atoms with Gasteiger partial charge in [0.2, 0.25) is 0 Å². The van der Waals surface area contributed by atoms with E-state index in [0.29, 0.717) is 17.3 Å². The highest BCUT2D eigenvalue weighted by Crippen LogP contribution is 2.67. The molecule has 4 aliphatic rings. The first-order valence-electron chi connectivity index (χ1n) is 14.0. The molecule has 0 bridgehead atoms. The fourth-order valence-electron chi connectivity index (χ4n) is 9.17. The SMILES string of the molecule is CO[C@@H]1C=C2C[C@@H](OC(C)=O)CC[C@]2(C)[C@H]2CC[C@]3(C)[C@@H]([C@@H](C)CCCC(C)C)CC[C@H]3[C@H]12. The van der Waals surface area contributed by atoms with Crippen LogP contribution in [-0.2, 0) is 14.3 Å². The molecule has 0 radical (unpaired) electrons. The number of hydrogen-bond acceptors (Lipinski definition) is 3. The lowest BCUT2D eigenvalue weighted by Gasteiger charge is -2.60. The topological polar surface area (TPSA) is 35.5 Å². The van der Waals surface area contributed by atoms with Gasteiger partial charge in [0, 0.05) is 20.5 Å². The highest BCUT2D eigenvalue weighted by Gasteiger charge is 2.61. The lowest BCUT2D eigenvalue weighted by atomic mass is 9.46. The summed E-state index contributed by atoms with van der Waals surface area (Å²) in [6, 6.07) is 0. The number of esters is 1. The zero-order chi connectivity index (χ0) is 24.0. The molecule has 0 saturated heterocycles. The van der Waals surface area contributed by atoms with Crippen LogP contribution in [0.25, 0.3) is 0 Å². The van der Waals surface area contributed by atoms with E-state index in [1.807, 2.05) is 7.11 Å². The Morgan fingerprint density at radius 1 is 1.06 bits per heavy atom. The van der Waals surface area contributed by atoms with Crippen molar-refractivity contribution in [2.45, 2.75) is 118 Å². The van der Waals surface area contributed by atoms with Gasteiger partial charge in [-0.1, -0.05) is 65.5 Å². The summed E-state index contributed by atoms with van der Waals surface area (Å²) >= 11 is 0. The molecule has 0 aromatic heterocycles. The number of carbonyl (C=O) groups is 1. The Kier molecular flexibility index (Phi) is 7.40. The van der Waals surface area contributed by atoms with Crippen LogP contribution >= 0.6 is 0 Å². The summed E-state index contributed by atoms with van der Waals surface area (Å²) in [5.74, 6) is 4.50. The van der Waals surface area contributed by atoms with E-state index in [1.54, 1.807) is 6.92 Å². The van der Waals surface area contributed by atoms with E-state index < -0.39 is 0 Å². The number of fused-ring (bicyclic) bond motifs is 5. The van der Waals surface area contributed by atoms with Gasteiger partial charge in [-0.05, 0) is 84.9 Å². The molecule has 4 rings (SSSR count). The number of ether oxygens (including phenoxy) is 2. The van der Waals surface area contributed by atoms with Gasteiger partial charge in [-0.15, -0.1) is 0 Å². The highest BCUT2D eigenvalue weighted by molar-refractivity contribution is 5.66. The molecule has 0 aliphatic heterocycles. The van der Waals surface area contributed by atoms with Crippen LogP contribution in [0.3, 0.4) is 0 Å². The largest absolute Gasteiger partial charge is 0.462 e. The highest BCUT2D eigenvalue weighted by atomic mass is 16.5. The van der Waals surface area contributed by atoms with E-state index in [9.17, 15) is 4.79 Å². The van der Waals surface area contributed by atoms with Crippen molar-refractivity contribution >= 4 is 5.97 Å². The summed E-state index contributed by atoms with van der Waals surface area (Å²) in [4.78, 5) is 11.6. The van der Waals surface area contributed by atoms with Crippen molar-refractivity contribution in [3.8, 4) is 0 Å². The monoisotopic (exact) mass is 458 g/mol. The molecule has 3 heteroatoms. The molecule has 0 heterocycles. The van der Waals surface area contributed by atoms with Gasteiger partial charge in [-0.3, -0.25) is 4.79 Å². The first kappa shape index (κ1) is 25.3. The number of rotatable bonds is 7. The second-order valence-electron chi connectivity index (χ2n) is 13.1. The van der Waals surface area contributed by atoms with Crippen LogP contribution in [0.5, 0.6) is 0 Å².